The molecule has 4 heterocycles. The van der Waals surface area contributed by atoms with Crippen LogP contribution in [0.25, 0.3) is 5.69 Å². The number of fused-ring (bicyclic) bond motifs is 3. The van der Waals surface area contributed by atoms with E-state index in [2.05, 4.69) is 35.6 Å². The van der Waals surface area contributed by atoms with Crippen molar-refractivity contribution in [2.24, 2.45) is 0 Å². The maximum atomic E-state index is 13.6. The van der Waals surface area contributed by atoms with Crippen molar-refractivity contribution in [3.05, 3.63) is 58.5 Å². The SMILES string of the molecule is COc1cc(F)cnc1N1CCC(c2nnc3n2-c2ccc(Cl)cc2CN(C(C)C#N)C3)CC1. The zero-order valence-electron chi connectivity index (χ0n) is 19.1. The predicted molar refractivity (Wildman–Crippen MR) is 126 cm³/mol. The monoisotopic (exact) mass is 481 g/mol. The fourth-order valence-corrected chi connectivity index (χ4v) is 5.02. The molecule has 3 aromatic rings. The summed E-state index contributed by atoms with van der Waals surface area (Å²) in [6.07, 6.45) is 2.92. The van der Waals surface area contributed by atoms with Crippen molar-refractivity contribution >= 4 is 17.4 Å². The number of pyridine rings is 1. The van der Waals surface area contributed by atoms with Gasteiger partial charge in [-0.3, -0.25) is 9.47 Å². The van der Waals surface area contributed by atoms with Crippen molar-refractivity contribution in [1.29, 1.82) is 5.26 Å². The Bertz CT molecular complexity index is 1250. The van der Waals surface area contributed by atoms with E-state index in [0.717, 1.165) is 48.8 Å². The molecule has 1 atom stereocenters. The number of aromatic nitrogens is 4. The molecule has 0 saturated carbocycles. The molecule has 0 amide bonds. The van der Waals surface area contributed by atoms with E-state index < -0.39 is 5.82 Å². The number of piperidine rings is 1. The van der Waals surface area contributed by atoms with Gasteiger partial charge in [0.25, 0.3) is 0 Å². The highest BCUT2D eigenvalue weighted by Gasteiger charge is 2.32. The average Bonchev–Trinajstić information content (AvgIpc) is 3.19. The van der Waals surface area contributed by atoms with Gasteiger partial charge >= 0.3 is 0 Å². The van der Waals surface area contributed by atoms with Gasteiger partial charge in [-0.2, -0.15) is 5.26 Å². The predicted octanol–water partition coefficient (Wildman–Crippen LogP) is 4.08. The van der Waals surface area contributed by atoms with Crippen LogP contribution < -0.4 is 9.64 Å². The molecule has 1 unspecified atom stereocenters. The van der Waals surface area contributed by atoms with Crippen LogP contribution in [0.15, 0.2) is 30.5 Å². The second-order valence-corrected chi connectivity index (χ2v) is 9.17. The summed E-state index contributed by atoms with van der Waals surface area (Å²) in [5, 5.41) is 19.3. The third kappa shape index (κ3) is 4.08. The molecule has 8 nitrogen and oxygen atoms in total. The standard InChI is InChI=1S/C24H25ClFN7O/c1-15(11-27)32-13-17-9-18(25)3-4-20(17)33-22(14-32)29-30-23(33)16-5-7-31(8-6-16)24-21(34-2)10-19(26)12-28-24/h3-4,9-10,12,15-16H,5-8,13-14H2,1-2H3. The van der Waals surface area contributed by atoms with Gasteiger partial charge in [-0.25, -0.2) is 9.37 Å². The molecular formula is C24H25ClFN7O. The lowest BCUT2D eigenvalue weighted by Crippen LogP contribution is -2.34. The first-order valence-electron chi connectivity index (χ1n) is 11.3. The smallest absolute Gasteiger partial charge is 0.171 e. The Morgan fingerprint density at radius 3 is 2.74 bits per heavy atom. The van der Waals surface area contributed by atoms with Crippen LogP contribution in [-0.2, 0) is 13.1 Å². The molecular weight excluding hydrogens is 457 g/mol. The van der Waals surface area contributed by atoms with E-state index in [-0.39, 0.29) is 12.0 Å². The lowest BCUT2D eigenvalue weighted by molar-refractivity contribution is 0.225. The Morgan fingerprint density at radius 2 is 2.00 bits per heavy atom. The number of halogens is 2. The Morgan fingerprint density at radius 1 is 1.21 bits per heavy atom. The number of nitriles is 1. The van der Waals surface area contributed by atoms with Crippen LogP contribution in [0.3, 0.4) is 0 Å². The van der Waals surface area contributed by atoms with Gasteiger partial charge in [-0.05, 0) is 43.5 Å². The summed E-state index contributed by atoms with van der Waals surface area (Å²) < 4.78 is 21.1. The molecule has 2 aromatic heterocycles. The van der Waals surface area contributed by atoms with E-state index in [1.54, 1.807) is 0 Å². The molecule has 176 valence electrons. The minimum atomic E-state index is -0.417. The topological polar surface area (TPSA) is 83.1 Å². The molecule has 1 saturated heterocycles. The number of nitrogens with zero attached hydrogens (tertiary/aromatic N) is 7. The fraction of sp³-hybridized carbons (Fsp3) is 0.417. The first kappa shape index (κ1) is 22.6. The van der Waals surface area contributed by atoms with Crippen molar-refractivity contribution in [3.63, 3.8) is 0 Å². The van der Waals surface area contributed by atoms with Crippen LogP contribution >= 0.6 is 11.6 Å². The van der Waals surface area contributed by atoms with Gasteiger partial charge in [-0.15, -0.1) is 10.2 Å². The highest BCUT2D eigenvalue weighted by Crippen LogP contribution is 2.36. The third-order valence-corrected chi connectivity index (χ3v) is 6.90. The van der Waals surface area contributed by atoms with Crippen LogP contribution in [0.1, 0.15) is 42.9 Å². The van der Waals surface area contributed by atoms with Crippen LogP contribution in [0.5, 0.6) is 5.75 Å². The zero-order chi connectivity index (χ0) is 23.8. The van der Waals surface area contributed by atoms with Crippen LogP contribution in [-0.4, -0.2) is 50.9 Å². The van der Waals surface area contributed by atoms with Gasteiger partial charge in [0.2, 0.25) is 0 Å². The summed E-state index contributed by atoms with van der Waals surface area (Å²) in [7, 11) is 1.53. The summed E-state index contributed by atoms with van der Waals surface area (Å²) >= 11 is 6.32. The summed E-state index contributed by atoms with van der Waals surface area (Å²) in [6, 6.07) is 9.28. The van der Waals surface area contributed by atoms with Crippen molar-refractivity contribution in [2.45, 2.75) is 44.8 Å². The zero-order valence-corrected chi connectivity index (χ0v) is 19.8. The Labute approximate surface area is 202 Å². The largest absolute Gasteiger partial charge is 0.493 e. The fourth-order valence-electron chi connectivity index (χ4n) is 4.82. The maximum Gasteiger partial charge on any atom is 0.171 e. The van der Waals surface area contributed by atoms with E-state index in [0.29, 0.717) is 29.7 Å². The number of ether oxygens (including phenoxy) is 1. The lowest BCUT2D eigenvalue weighted by Gasteiger charge is -2.33. The molecule has 0 N–H and O–H groups in total. The summed E-state index contributed by atoms with van der Waals surface area (Å²) in [5.74, 6) is 2.62. The van der Waals surface area contributed by atoms with E-state index in [1.165, 1.54) is 19.4 Å². The number of hydrogen-bond donors (Lipinski definition) is 0. The Hall–Kier alpha value is -3.22. The van der Waals surface area contributed by atoms with Crippen molar-refractivity contribution in [3.8, 4) is 17.5 Å². The second kappa shape index (κ2) is 9.20. The number of hydrogen-bond acceptors (Lipinski definition) is 7. The Kier molecular flexibility index (Phi) is 6.11. The quantitative estimate of drug-likeness (QED) is 0.555. The molecule has 0 bridgehead atoms. The van der Waals surface area contributed by atoms with Crippen LogP contribution in [0, 0.1) is 17.1 Å². The maximum absolute atomic E-state index is 13.6. The van der Waals surface area contributed by atoms with Gasteiger partial charge in [0, 0.05) is 36.6 Å². The van der Waals surface area contributed by atoms with E-state index in [9.17, 15) is 9.65 Å². The van der Waals surface area contributed by atoms with E-state index in [4.69, 9.17) is 16.3 Å². The molecule has 2 aliphatic heterocycles. The molecule has 34 heavy (non-hydrogen) atoms. The highest BCUT2D eigenvalue weighted by molar-refractivity contribution is 6.30. The minimum Gasteiger partial charge on any atom is -0.493 e. The molecule has 1 aromatic carbocycles. The molecule has 1 fully saturated rings. The van der Waals surface area contributed by atoms with Crippen LogP contribution in [0.2, 0.25) is 5.02 Å². The number of rotatable bonds is 4. The molecule has 0 spiro atoms. The number of anilines is 1. The van der Waals surface area contributed by atoms with Crippen molar-refractivity contribution < 1.29 is 9.13 Å². The number of methoxy groups -OCH3 is 1. The van der Waals surface area contributed by atoms with E-state index in [1.807, 2.05) is 25.1 Å². The summed E-state index contributed by atoms with van der Waals surface area (Å²) in [4.78, 5) is 8.47. The molecule has 2 aliphatic rings. The normalized spacial score (nSPS) is 17.4. The average molecular weight is 482 g/mol. The van der Waals surface area contributed by atoms with Gasteiger partial charge < -0.3 is 9.64 Å². The van der Waals surface area contributed by atoms with Crippen molar-refractivity contribution in [1.82, 2.24) is 24.6 Å². The van der Waals surface area contributed by atoms with Gasteiger partial charge in [0.15, 0.2) is 17.4 Å². The first-order valence-corrected chi connectivity index (χ1v) is 11.7. The van der Waals surface area contributed by atoms with Crippen LogP contribution in [0.4, 0.5) is 10.2 Å². The molecule has 0 radical (unpaired) electrons. The molecule has 5 rings (SSSR count). The summed E-state index contributed by atoms with van der Waals surface area (Å²) in [6.45, 7) is 4.52. The van der Waals surface area contributed by atoms with Gasteiger partial charge in [-0.1, -0.05) is 11.6 Å². The molecule has 10 heteroatoms. The van der Waals surface area contributed by atoms with Gasteiger partial charge in [0.1, 0.15) is 11.6 Å². The molecule has 0 aliphatic carbocycles. The van der Waals surface area contributed by atoms with Gasteiger partial charge in [0.05, 0.1) is 37.6 Å². The lowest BCUT2D eigenvalue weighted by atomic mass is 9.95. The highest BCUT2D eigenvalue weighted by atomic mass is 35.5. The number of benzene rings is 1. The van der Waals surface area contributed by atoms with Crippen molar-refractivity contribution in [2.75, 3.05) is 25.1 Å². The Balaban J connectivity index is 1.44. The first-order chi connectivity index (χ1) is 16.5. The third-order valence-electron chi connectivity index (χ3n) is 6.67. The minimum absolute atomic E-state index is 0.201. The second-order valence-electron chi connectivity index (χ2n) is 8.73. The van der Waals surface area contributed by atoms with E-state index >= 15 is 0 Å². The summed E-state index contributed by atoms with van der Waals surface area (Å²) in [5.41, 5.74) is 2.06.